The van der Waals surface area contributed by atoms with Crippen molar-refractivity contribution in [2.45, 2.75) is 37.3 Å². The van der Waals surface area contributed by atoms with Crippen LogP contribution in [-0.2, 0) is 18.8 Å². The van der Waals surface area contributed by atoms with Crippen LogP contribution in [0.15, 0.2) is 29.4 Å². The van der Waals surface area contributed by atoms with Gasteiger partial charge in [-0.1, -0.05) is 30.8 Å². The van der Waals surface area contributed by atoms with Crippen molar-refractivity contribution < 1.29 is 0 Å². The van der Waals surface area contributed by atoms with Crippen LogP contribution in [0, 0.1) is 0 Å². The highest BCUT2D eigenvalue weighted by Crippen LogP contribution is 2.22. The molecule has 0 amide bonds. The molecule has 110 valence electrons. The van der Waals surface area contributed by atoms with Crippen LogP contribution in [0.3, 0.4) is 0 Å². The van der Waals surface area contributed by atoms with Gasteiger partial charge in [-0.2, -0.15) is 0 Å². The Morgan fingerprint density at radius 3 is 2.90 bits per heavy atom. The van der Waals surface area contributed by atoms with Gasteiger partial charge in [0, 0.05) is 6.54 Å². The lowest BCUT2D eigenvalue weighted by Crippen LogP contribution is -2.09. The third-order valence-electron chi connectivity index (χ3n) is 3.20. The number of benzene rings is 1. The summed E-state index contributed by atoms with van der Waals surface area (Å²) in [7, 11) is 0. The van der Waals surface area contributed by atoms with Gasteiger partial charge in [-0.15, -0.1) is 10.2 Å². The summed E-state index contributed by atoms with van der Waals surface area (Å²) in [4.78, 5) is 7.90. The third kappa shape index (κ3) is 2.93. The maximum atomic E-state index is 5.70. The Morgan fingerprint density at radius 2 is 2.14 bits per heavy atom. The maximum absolute atomic E-state index is 5.70. The van der Waals surface area contributed by atoms with Crippen LogP contribution in [0.4, 0.5) is 0 Å². The van der Waals surface area contributed by atoms with E-state index < -0.39 is 0 Å². The summed E-state index contributed by atoms with van der Waals surface area (Å²) >= 11 is 1.63. The van der Waals surface area contributed by atoms with Crippen LogP contribution in [0.25, 0.3) is 11.0 Å². The number of nitrogens with two attached hydrogens (primary N) is 1. The van der Waals surface area contributed by atoms with Crippen LogP contribution < -0.4 is 5.73 Å². The number of imidazole rings is 1. The molecule has 0 fully saturated rings. The smallest absolute Gasteiger partial charge is 0.191 e. The highest BCUT2D eigenvalue weighted by molar-refractivity contribution is 7.98. The van der Waals surface area contributed by atoms with Crippen molar-refractivity contribution in [3.05, 3.63) is 35.9 Å². The molecule has 6 nitrogen and oxygen atoms in total. The number of para-hydroxylation sites is 2. The summed E-state index contributed by atoms with van der Waals surface area (Å²) in [6.07, 6.45) is 1.03. The van der Waals surface area contributed by atoms with E-state index in [2.05, 4.69) is 31.7 Å². The number of hydrogen-bond donors (Lipinski definition) is 2. The second-order valence-electron chi connectivity index (χ2n) is 4.74. The van der Waals surface area contributed by atoms with Gasteiger partial charge in [-0.05, 0) is 18.6 Å². The van der Waals surface area contributed by atoms with Crippen molar-refractivity contribution in [1.29, 1.82) is 0 Å². The molecule has 3 N–H and O–H groups in total. The van der Waals surface area contributed by atoms with Gasteiger partial charge in [0.15, 0.2) is 5.16 Å². The molecule has 21 heavy (non-hydrogen) atoms. The van der Waals surface area contributed by atoms with E-state index in [0.29, 0.717) is 6.54 Å². The number of aromatic amines is 1. The first-order valence-electron chi connectivity index (χ1n) is 7.00. The fraction of sp³-hybridized carbons (Fsp3) is 0.357. The first kappa shape index (κ1) is 14.1. The van der Waals surface area contributed by atoms with Gasteiger partial charge in [0.1, 0.15) is 11.6 Å². The van der Waals surface area contributed by atoms with Crippen molar-refractivity contribution in [3.63, 3.8) is 0 Å². The second kappa shape index (κ2) is 6.28. The van der Waals surface area contributed by atoms with Crippen LogP contribution in [0.1, 0.15) is 25.0 Å². The monoisotopic (exact) mass is 302 g/mol. The first-order valence-corrected chi connectivity index (χ1v) is 7.99. The number of nitrogens with zero attached hydrogens (tertiary/aromatic N) is 4. The van der Waals surface area contributed by atoms with E-state index in [1.807, 2.05) is 24.3 Å². The first-order chi connectivity index (χ1) is 10.3. The normalized spacial score (nSPS) is 11.3. The van der Waals surface area contributed by atoms with Crippen molar-refractivity contribution in [2.24, 2.45) is 5.73 Å². The van der Waals surface area contributed by atoms with Gasteiger partial charge < -0.3 is 15.3 Å². The van der Waals surface area contributed by atoms with Crippen LogP contribution in [-0.4, -0.2) is 24.7 Å². The Bertz CT molecular complexity index is 699. The molecule has 0 bridgehead atoms. The van der Waals surface area contributed by atoms with Crippen molar-refractivity contribution in [1.82, 2.24) is 24.7 Å². The number of aromatic nitrogens is 5. The maximum Gasteiger partial charge on any atom is 0.191 e. The molecular formula is C14H18N6S. The van der Waals surface area contributed by atoms with Crippen LogP contribution >= 0.6 is 11.8 Å². The van der Waals surface area contributed by atoms with Crippen LogP contribution in [0.5, 0.6) is 0 Å². The lowest BCUT2D eigenvalue weighted by atomic mass is 10.3. The predicted molar refractivity (Wildman–Crippen MR) is 83.9 cm³/mol. The highest BCUT2D eigenvalue weighted by Gasteiger charge is 2.12. The third-order valence-corrected chi connectivity index (χ3v) is 4.18. The Labute approximate surface area is 127 Å². The zero-order valence-electron chi connectivity index (χ0n) is 11.9. The van der Waals surface area contributed by atoms with Crippen molar-refractivity contribution >= 4 is 22.8 Å². The number of H-pyrrole nitrogens is 1. The Hall–Kier alpha value is -1.86. The number of nitrogens with one attached hydrogen (secondary N) is 1. The van der Waals surface area contributed by atoms with Gasteiger partial charge in [0.25, 0.3) is 0 Å². The average Bonchev–Trinajstić information content (AvgIpc) is 3.08. The number of thioether (sulfide) groups is 1. The van der Waals surface area contributed by atoms with Gasteiger partial charge in [0.05, 0.1) is 23.3 Å². The number of fused-ring (bicyclic) bond motifs is 1. The molecule has 3 aromatic rings. The molecule has 0 radical (unpaired) electrons. The van der Waals surface area contributed by atoms with Gasteiger partial charge in [-0.3, -0.25) is 0 Å². The molecule has 0 atom stereocenters. The van der Waals surface area contributed by atoms with Gasteiger partial charge in [-0.25, -0.2) is 4.98 Å². The lowest BCUT2D eigenvalue weighted by molar-refractivity contribution is 0.592. The van der Waals surface area contributed by atoms with Gasteiger partial charge in [0.2, 0.25) is 0 Å². The zero-order valence-corrected chi connectivity index (χ0v) is 12.7. The molecule has 0 aliphatic carbocycles. The summed E-state index contributed by atoms with van der Waals surface area (Å²) in [6, 6.07) is 8.03. The van der Waals surface area contributed by atoms with E-state index >= 15 is 0 Å². The molecule has 3 rings (SSSR count). The Balaban J connectivity index is 1.76. The van der Waals surface area contributed by atoms with Crippen molar-refractivity contribution in [3.8, 4) is 0 Å². The largest absolute Gasteiger partial charge is 0.341 e. The Morgan fingerprint density at radius 1 is 1.29 bits per heavy atom. The van der Waals surface area contributed by atoms with E-state index in [1.54, 1.807) is 11.8 Å². The lowest BCUT2D eigenvalue weighted by Gasteiger charge is -2.06. The van der Waals surface area contributed by atoms with E-state index in [0.717, 1.165) is 46.6 Å². The standard InChI is InChI=1S/C14H18N6S/c1-2-7-20-13(8-15)18-19-14(20)21-9-12-16-10-5-3-4-6-11(10)17-12/h3-6H,2,7-9,15H2,1H3,(H,16,17). The summed E-state index contributed by atoms with van der Waals surface area (Å²) in [5.74, 6) is 2.52. The second-order valence-corrected chi connectivity index (χ2v) is 5.69. The topological polar surface area (TPSA) is 85.4 Å². The predicted octanol–water partition coefficient (Wildman–Crippen LogP) is 2.32. The van der Waals surface area contributed by atoms with Crippen molar-refractivity contribution in [2.75, 3.05) is 0 Å². The van der Waals surface area contributed by atoms with E-state index in [1.165, 1.54) is 0 Å². The molecular weight excluding hydrogens is 284 g/mol. The minimum absolute atomic E-state index is 0.415. The number of rotatable bonds is 6. The molecule has 0 unspecified atom stereocenters. The molecule has 2 aromatic heterocycles. The molecule has 0 saturated carbocycles. The minimum Gasteiger partial charge on any atom is -0.341 e. The molecule has 1 aromatic carbocycles. The molecule has 0 aliphatic heterocycles. The molecule has 0 saturated heterocycles. The quantitative estimate of drug-likeness (QED) is 0.682. The van der Waals surface area contributed by atoms with Crippen LogP contribution in [0.2, 0.25) is 0 Å². The summed E-state index contributed by atoms with van der Waals surface area (Å²) in [5, 5.41) is 9.27. The molecule has 0 aliphatic rings. The Kier molecular flexibility index (Phi) is 4.21. The molecule has 0 spiro atoms. The summed E-state index contributed by atoms with van der Waals surface area (Å²) in [5.41, 5.74) is 7.75. The molecule has 7 heteroatoms. The minimum atomic E-state index is 0.415. The van der Waals surface area contributed by atoms with E-state index in [9.17, 15) is 0 Å². The fourth-order valence-electron chi connectivity index (χ4n) is 2.23. The average molecular weight is 302 g/mol. The molecule has 2 heterocycles. The number of hydrogen-bond acceptors (Lipinski definition) is 5. The van der Waals surface area contributed by atoms with E-state index in [4.69, 9.17) is 5.73 Å². The fourth-order valence-corrected chi connectivity index (χ4v) is 3.09. The van der Waals surface area contributed by atoms with Gasteiger partial charge >= 0.3 is 0 Å². The summed E-state index contributed by atoms with van der Waals surface area (Å²) < 4.78 is 2.09. The zero-order chi connectivity index (χ0) is 14.7. The SMILES string of the molecule is CCCn1c(CN)nnc1SCc1nc2ccccc2[nH]1. The van der Waals surface area contributed by atoms with E-state index in [-0.39, 0.29) is 0 Å². The summed E-state index contributed by atoms with van der Waals surface area (Å²) in [6.45, 7) is 3.44. The highest BCUT2D eigenvalue weighted by atomic mass is 32.2.